The molecule has 0 aliphatic heterocycles. The highest BCUT2D eigenvalue weighted by Gasteiger charge is 2.20. The normalized spacial score (nSPS) is 11.8. The van der Waals surface area contributed by atoms with Gasteiger partial charge in [-0.25, -0.2) is 0 Å². The fourth-order valence-corrected chi connectivity index (χ4v) is 2.94. The lowest BCUT2D eigenvalue weighted by Gasteiger charge is -2.15. The van der Waals surface area contributed by atoms with Crippen LogP contribution < -0.4 is 22.6 Å². The first-order chi connectivity index (χ1) is 10.4. The lowest BCUT2D eigenvalue weighted by Crippen LogP contribution is -2.24. The van der Waals surface area contributed by atoms with Gasteiger partial charge in [-0.15, -0.1) is 9.46 Å². The zero-order chi connectivity index (χ0) is 15.8. The molecule has 4 rings (SSSR count). The van der Waals surface area contributed by atoms with Gasteiger partial charge in [0.1, 0.15) is 0 Å². The third kappa shape index (κ3) is 1.26. The van der Waals surface area contributed by atoms with E-state index in [4.69, 9.17) is 11.5 Å². The van der Waals surface area contributed by atoms with Crippen molar-refractivity contribution in [2.75, 3.05) is 11.5 Å². The summed E-state index contributed by atoms with van der Waals surface area (Å²) in [6, 6.07) is 5.55. The Balaban J connectivity index is 2.59. The molecule has 0 saturated heterocycles. The lowest BCUT2D eigenvalue weighted by atomic mass is 10.00. The van der Waals surface area contributed by atoms with Crippen molar-refractivity contribution in [1.82, 2.24) is 9.46 Å². The van der Waals surface area contributed by atoms with Crippen molar-refractivity contribution in [3.63, 3.8) is 0 Å². The standard InChI is InChI=1S/C14H10N4O4/c15-5-1-7-11-9(3-5)18(22)14(20)8-2-6(16)4-10(12(8)11)17(21)13(7)19/h1-4,21-22H,15-16H2. The SMILES string of the molecule is Nc1cc2c(=O)n(O)c3cc(N)cc4c(=O)n(O)c(c1)c2c43. The molecule has 0 bridgehead atoms. The number of pyridine rings is 2. The van der Waals surface area contributed by atoms with Crippen molar-refractivity contribution in [3.05, 3.63) is 45.0 Å². The molecular weight excluding hydrogens is 288 g/mol. The number of anilines is 2. The average Bonchev–Trinajstić information content (AvgIpc) is 2.48. The van der Waals surface area contributed by atoms with E-state index in [0.717, 1.165) is 0 Å². The largest absolute Gasteiger partial charge is 0.425 e. The number of hydrogen-bond donors (Lipinski definition) is 4. The Morgan fingerprint density at radius 3 is 1.45 bits per heavy atom. The minimum atomic E-state index is -0.713. The lowest BCUT2D eigenvalue weighted by molar-refractivity contribution is 0.188. The molecule has 6 N–H and O–H groups in total. The molecule has 4 aromatic rings. The van der Waals surface area contributed by atoms with Crippen LogP contribution in [0, 0.1) is 0 Å². The van der Waals surface area contributed by atoms with Crippen LogP contribution in [-0.4, -0.2) is 19.9 Å². The van der Waals surface area contributed by atoms with Crippen molar-refractivity contribution in [1.29, 1.82) is 0 Å². The summed E-state index contributed by atoms with van der Waals surface area (Å²) in [7, 11) is 0. The number of hydrogen-bond acceptors (Lipinski definition) is 6. The van der Waals surface area contributed by atoms with Gasteiger partial charge < -0.3 is 21.9 Å². The van der Waals surface area contributed by atoms with Crippen LogP contribution in [0.3, 0.4) is 0 Å². The Labute approximate surface area is 121 Å². The second-order valence-corrected chi connectivity index (χ2v) is 5.16. The van der Waals surface area contributed by atoms with Crippen molar-refractivity contribution in [3.8, 4) is 0 Å². The van der Waals surface area contributed by atoms with E-state index in [0.29, 0.717) is 20.2 Å². The summed E-state index contributed by atoms with van der Waals surface area (Å²) in [5, 5.41) is 21.1. The van der Waals surface area contributed by atoms with Crippen LogP contribution in [0.2, 0.25) is 0 Å². The molecule has 22 heavy (non-hydrogen) atoms. The number of benzene rings is 2. The molecule has 0 saturated carbocycles. The van der Waals surface area contributed by atoms with Crippen LogP contribution in [0.4, 0.5) is 11.4 Å². The first kappa shape index (κ1) is 12.3. The minimum absolute atomic E-state index is 0.0972. The molecule has 0 aliphatic carbocycles. The van der Waals surface area contributed by atoms with E-state index in [-0.39, 0.29) is 33.2 Å². The summed E-state index contributed by atoms with van der Waals surface area (Å²) in [5.41, 5.74) is 10.6. The molecule has 0 aliphatic rings. The van der Waals surface area contributed by atoms with Gasteiger partial charge in [0.25, 0.3) is 11.1 Å². The topological polar surface area (TPSA) is 136 Å². The molecule has 0 atom stereocenters. The molecule has 2 aromatic carbocycles. The number of nitrogens with zero attached hydrogens (tertiary/aromatic N) is 2. The second kappa shape index (κ2) is 3.61. The molecule has 8 nitrogen and oxygen atoms in total. The summed E-state index contributed by atoms with van der Waals surface area (Å²) in [6.45, 7) is 0. The number of aromatic nitrogens is 2. The van der Waals surface area contributed by atoms with E-state index < -0.39 is 11.1 Å². The predicted octanol–water partition coefficient (Wildman–Crippen LogP) is 0.546. The van der Waals surface area contributed by atoms with Gasteiger partial charge in [0.15, 0.2) is 0 Å². The highest BCUT2D eigenvalue weighted by molar-refractivity contribution is 6.21. The third-order valence-corrected chi connectivity index (χ3v) is 3.83. The van der Waals surface area contributed by atoms with Gasteiger partial charge in [-0.1, -0.05) is 0 Å². The zero-order valence-corrected chi connectivity index (χ0v) is 11.1. The summed E-state index contributed by atoms with van der Waals surface area (Å²) in [5.74, 6) is 0. The van der Waals surface area contributed by atoms with Crippen LogP contribution in [0.25, 0.3) is 32.6 Å². The maximum Gasteiger partial charge on any atom is 0.291 e. The van der Waals surface area contributed by atoms with Gasteiger partial charge in [-0.3, -0.25) is 9.59 Å². The number of nitrogens with two attached hydrogens (primary N) is 2. The molecule has 2 aromatic heterocycles. The average molecular weight is 298 g/mol. The van der Waals surface area contributed by atoms with E-state index in [1.165, 1.54) is 24.3 Å². The van der Waals surface area contributed by atoms with E-state index in [1.54, 1.807) is 0 Å². The van der Waals surface area contributed by atoms with E-state index in [9.17, 15) is 20.0 Å². The number of rotatable bonds is 0. The fraction of sp³-hybridized carbons (Fsp3) is 0. The molecule has 0 radical (unpaired) electrons. The van der Waals surface area contributed by atoms with Crippen LogP contribution in [0.15, 0.2) is 33.9 Å². The van der Waals surface area contributed by atoms with Gasteiger partial charge in [-0.05, 0) is 24.3 Å². The molecule has 0 unspecified atom stereocenters. The smallest absolute Gasteiger partial charge is 0.291 e. The van der Waals surface area contributed by atoms with Crippen molar-refractivity contribution in [2.45, 2.75) is 0 Å². The van der Waals surface area contributed by atoms with Gasteiger partial charge >= 0.3 is 0 Å². The Morgan fingerprint density at radius 2 is 1.09 bits per heavy atom. The van der Waals surface area contributed by atoms with Gasteiger partial charge in [0, 0.05) is 22.1 Å². The Morgan fingerprint density at radius 1 is 0.727 bits per heavy atom. The molecule has 2 heterocycles. The van der Waals surface area contributed by atoms with Crippen LogP contribution in [-0.2, 0) is 0 Å². The maximum absolute atomic E-state index is 12.3. The first-order valence-corrected chi connectivity index (χ1v) is 6.34. The first-order valence-electron chi connectivity index (χ1n) is 6.34. The van der Waals surface area contributed by atoms with Crippen molar-refractivity contribution < 1.29 is 10.4 Å². The van der Waals surface area contributed by atoms with E-state index in [1.807, 2.05) is 0 Å². The summed E-state index contributed by atoms with van der Waals surface area (Å²) >= 11 is 0. The van der Waals surface area contributed by atoms with Gasteiger partial charge in [0.2, 0.25) is 0 Å². The van der Waals surface area contributed by atoms with E-state index in [2.05, 4.69) is 0 Å². The highest BCUT2D eigenvalue weighted by atomic mass is 16.5. The third-order valence-electron chi connectivity index (χ3n) is 3.83. The van der Waals surface area contributed by atoms with Crippen LogP contribution >= 0.6 is 0 Å². The van der Waals surface area contributed by atoms with Crippen LogP contribution in [0.5, 0.6) is 0 Å². The maximum atomic E-state index is 12.3. The Hall–Kier alpha value is -3.42. The quantitative estimate of drug-likeness (QED) is 0.212. The number of nitrogen functional groups attached to an aromatic ring is 2. The molecule has 0 fully saturated rings. The van der Waals surface area contributed by atoms with Crippen molar-refractivity contribution in [2.24, 2.45) is 0 Å². The van der Waals surface area contributed by atoms with Gasteiger partial charge in [0.05, 0.1) is 21.8 Å². The molecule has 0 spiro atoms. The minimum Gasteiger partial charge on any atom is -0.425 e. The molecular formula is C14H10N4O4. The summed E-state index contributed by atoms with van der Waals surface area (Å²) < 4.78 is 0.863. The zero-order valence-electron chi connectivity index (χ0n) is 11.1. The van der Waals surface area contributed by atoms with Crippen LogP contribution in [0.1, 0.15) is 0 Å². The summed E-state index contributed by atoms with van der Waals surface area (Å²) in [4.78, 5) is 24.6. The Kier molecular flexibility index (Phi) is 2.02. The second-order valence-electron chi connectivity index (χ2n) is 5.16. The monoisotopic (exact) mass is 298 g/mol. The highest BCUT2D eigenvalue weighted by Crippen LogP contribution is 2.32. The van der Waals surface area contributed by atoms with E-state index >= 15 is 0 Å². The molecule has 8 heteroatoms. The molecule has 110 valence electrons. The predicted molar refractivity (Wildman–Crippen MR) is 81.9 cm³/mol. The fourth-order valence-electron chi connectivity index (χ4n) is 2.94. The van der Waals surface area contributed by atoms with Gasteiger partial charge in [-0.2, -0.15) is 0 Å². The Bertz CT molecular complexity index is 1110. The summed E-state index contributed by atoms with van der Waals surface area (Å²) in [6.07, 6.45) is 0. The molecule has 0 amide bonds. The van der Waals surface area contributed by atoms with Crippen molar-refractivity contribution >= 4 is 44.0 Å².